The summed E-state index contributed by atoms with van der Waals surface area (Å²) in [5, 5.41) is 0. The topological polar surface area (TPSA) is 61.5 Å². The Bertz CT molecular complexity index is 412. The van der Waals surface area contributed by atoms with Crippen LogP contribution in [0.5, 0.6) is 0 Å². The van der Waals surface area contributed by atoms with E-state index in [0.29, 0.717) is 18.9 Å². The fraction of sp³-hybridized carbons (Fsp3) is 0.562. The van der Waals surface area contributed by atoms with E-state index in [9.17, 15) is 4.79 Å². The highest BCUT2D eigenvalue weighted by Gasteiger charge is 2.31. The van der Waals surface area contributed by atoms with Gasteiger partial charge in [0.2, 0.25) is 0 Å². The lowest BCUT2D eigenvalue weighted by atomic mass is 9.85. The minimum atomic E-state index is -0.683. The highest BCUT2D eigenvalue weighted by atomic mass is 16.6. The number of rotatable bonds is 8. The van der Waals surface area contributed by atoms with Crippen LogP contribution in [0.4, 0.5) is 5.69 Å². The SMILES string of the molecule is CCCCOCCOC(=O)C(C)(C)c1ccc(N)cc1. The molecule has 0 heterocycles. The molecular formula is C16H25NO3. The molecule has 0 unspecified atom stereocenters. The zero-order valence-electron chi connectivity index (χ0n) is 12.6. The number of carbonyl (C=O) groups is 1. The van der Waals surface area contributed by atoms with Gasteiger partial charge in [0, 0.05) is 12.3 Å². The van der Waals surface area contributed by atoms with E-state index >= 15 is 0 Å². The molecule has 20 heavy (non-hydrogen) atoms. The van der Waals surface area contributed by atoms with Crippen molar-refractivity contribution in [2.45, 2.75) is 39.0 Å². The molecule has 0 aliphatic rings. The van der Waals surface area contributed by atoms with Crippen LogP contribution in [0.25, 0.3) is 0 Å². The van der Waals surface area contributed by atoms with Gasteiger partial charge in [0.05, 0.1) is 12.0 Å². The maximum absolute atomic E-state index is 12.1. The molecule has 0 spiro atoms. The lowest BCUT2D eigenvalue weighted by Gasteiger charge is -2.23. The summed E-state index contributed by atoms with van der Waals surface area (Å²) in [6.07, 6.45) is 2.13. The van der Waals surface area contributed by atoms with Crippen LogP contribution in [0.1, 0.15) is 39.2 Å². The number of esters is 1. The fourth-order valence-electron chi connectivity index (χ4n) is 1.74. The number of nitrogens with two attached hydrogens (primary N) is 1. The van der Waals surface area contributed by atoms with Gasteiger partial charge in [-0.15, -0.1) is 0 Å². The first-order chi connectivity index (χ1) is 9.48. The monoisotopic (exact) mass is 279 g/mol. The predicted octanol–water partition coefficient (Wildman–Crippen LogP) is 2.91. The van der Waals surface area contributed by atoms with E-state index in [2.05, 4.69) is 6.92 Å². The number of carbonyl (C=O) groups excluding carboxylic acids is 1. The third kappa shape index (κ3) is 4.85. The van der Waals surface area contributed by atoms with Gasteiger partial charge in [-0.1, -0.05) is 25.5 Å². The molecule has 1 rings (SSSR count). The second kappa shape index (κ2) is 7.90. The Kier molecular flexibility index (Phi) is 6.52. The summed E-state index contributed by atoms with van der Waals surface area (Å²) in [5.41, 5.74) is 6.54. The molecule has 2 N–H and O–H groups in total. The quantitative estimate of drug-likeness (QED) is 0.451. The summed E-state index contributed by atoms with van der Waals surface area (Å²) in [6, 6.07) is 7.29. The molecule has 0 aliphatic heterocycles. The molecule has 0 saturated heterocycles. The van der Waals surface area contributed by atoms with Crippen molar-refractivity contribution in [2.75, 3.05) is 25.6 Å². The van der Waals surface area contributed by atoms with Crippen molar-refractivity contribution < 1.29 is 14.3 Å². The zero-order chi connectivity index (χ0) is 15.0. The van der Waals surface area contributed by atoms with Crippen molar-refractivity contribution >= 4 is 11.7 Å². The van der Waals surface area contributed by atoms with Crippen LogP contribution < -0.4 is 5.73 Å². The largest absolute Gasteiger partial charge is 0.463 e. The van der Waals surface area contributed by atoms with Crippen molar-refractivity contribution in [1.29, 1.82) is 0 Å². The smallest absolute Gasteiger partial charge is 0.316 e. The lowest BCUT2D eigenvalue weighted by Crippen LogP contribution is -2.32. The fourth-order valence-corrected chi connectivity index (χ4v) is 1.74. The van der Waals surface area contributed by atoms with Crippen LogP contribution in [0.3, 0.4) is 0 Å². The number of anilines is 1. The molecule has 0 amide bonds. The first-order valence-electron chi connectivity index (χ1n) is 7.09. The van der Waals surface area contributed by atoms with Crippen LogP contribution in [0.2, 0.25) is 0 Å². The maximum Gasteiger partial charge on any atom is 0.316 e. The van der Waals surface area contributed by atoms with Gasteiger partial charge in [-0.25, -0.2) is 0 Å². The molecule has 0 aromatic heterocycles. The second-order valence-electron chi connectivity index (χ2n) is 5.35. The van der Waals surface area contributed by atoms with Crippen molar-refractivity contribution in [3.05, 3.63) is 29.8 Å². The average molecular weight is 279 g/mol. The van der Waals surface area contributed by atoms with Crippen molar-refractivity contribution in [2.24, 2.45) is 0 Å². The first-order valence-corrected chi connectivity index (χ1v) is 7.09. The van der Waals surface area contributed by atoms with Gasteiger partial charge >= 0.3 is 5.97 Å². The molecule has 0 bridgehead atoms. The minimum Gasteiger partial charge on any atom is -0.463 e. The van der Waals surface area contributed by atoms with E-state index in [4.69, 9.17) is 15.2 Å². The first kappa shape index (κ1) is 16.5. The van der Waals surface area contributed by atoms with Gasteiger partial charge in [-0.2, -0.15) is 0 Å². The van der Waals surface area contributed by atoms with Crippen LogP contribution in [0, 0.1) is 0 Å². The zero-order valence-corrected chi connectivity index (χ0v) is 12.6. The normalized spacial score (nSPS) is 11.3. The molecule has 4 nitrogen and oxygen atoms in total. The number of unbranched alkanes of at least 4 members (excludes halogenated alkanes) is 1. The third-order valence-electron chi connectivity index (χ3n) is 3.25. The molecular weight excluding hydrogens is 254 g/mol. The summed E-state index contributed by atoms with van der Waals surface area (Å²) in [5.74, 6) is -0.249. The van der Waals surface area contributed by atoms with E-state index in [1.807, 2.05) is 26.0 Å². The van der Waals surface area contributed by atoms with Crippen LogP contribution in [-0.2, 0) is 19.7 Å². The summed E-state index contributed by atoms with van der Waals surface area (Å²) in [6.45, 7) is 7.26. The highest BCUT2D eigenvalue weighted by molar-refractivity contribution is 5.82. The Hall–Kier alpha value is -1.55. The van der Waals surface area contributed by atoms with Gasteiger partial charge < -0.3 is 15.2 Å². The molecule has 0 atom stereocenters. The third-order valence-corrected chi connectivity index (χ3v) is 3.25. The summed E-state index contributed by atoms with van der Waals surface area (Å²) >= 11 is 0. The van der Waals surface area contributed by atoms with E-state index in [-0.39, 0.29) is 5.97 Å². The predicted molar refractivity (Wildman–Crippen MR) is 80.6 cm³/mol. The number of ether oxygens (including phenoxy) is 2. The number of nitrogen functional groups attached to an aromatic ring is 1. The van der Waals surface area contributed by atoms with E-state index in [1.165, 1.54) is 0 Å². The van der Waals surface area contributed by atoms with Gasteiger partial charge in [0.15, 0.2) is 0 Å². The van der Waals surface area contributed by atoms with Crippen molar-refractivity contribution in [3.8, 4) is 0 Å². The lowest BCUT2D eigenvalue weighted by molar-refractivity contribution is -0.150. The van der Waals surface area contributed by atoms with E-state index in [0.717, 1.165) is 25.0 Å². The summed E-state index contributed by atoms with van der Waals surface area (Å²) in [7, 11) is 0. The van der Waals surface area contributed by atoms with Crippen LogP contribution in [-0.4, -0.2) is 25.8 Å². The number of hydrogen-bond acceptors (Lipinski definition) is 4. The Labute approximate surface area is 121 Å². The molecule has 112 valence electrons. The molecule has 1 aromatic carbocycles. The van der Waals surface area contributed by atoms with Crippen molar-refractivity contribution in [1.82, 2.24) is 0 Å². The molecule has 0 fully saturated rings. The Morgan fingerprint density at radius 2 is 1.80 bits per heavy atom. The van der Waals surface area contributed by atoms with Crippen LogP contribution >= 0.6 is 0 Å². The molecule has 0 radical (unpaired) electrons. The van der Waals surface area contributed by atoms with E-state index < -0.39 is 5.41 Å². The van der Waals surface area contributed by atoms with Crippen molar-refractivity contribution in [3.63, 3.8) is 0 Å². The van der Waals surface area contributed by atoms with Gasteiger partial charge in [0.1, 0.15) is 6.61 Å². The standard InChI is InChI=1S/C16H25NO3/c1-4-5-10-19-11-12-20-15(18)16(2,3)13-6-8-14(17)9-7-13/h6-9H,4-5,10-12,17H2,1-3H3. The highest BCUT2D eigenvalue weighted by Crippen LogP contribution is 2.25. The summed E-state index contributed by atoms with van der Waals surface area (Å²) < 4.78 is 10.6. The van der Waals surface area contributed by atoms with Gasteiger partial charge in [-0.05, 0) is 38.0 Å². The Morgan fingerprint density at radius 1 is 1.15 bits per heavy atom. The van der Waals surface area contributed by atoms with Gasteiger partial charge in [0.25, 0.3) is 0 Å². The van der Waals surface area contributed by atoms with Crippen LogP contribution in [0.15, 0.2) is 24.3 Å². The summed E-state index contributed by atoms with van der Waals surface area (Å²) in [4.78, 5) is 12.1. The van der Waals surface area contributed by atoms with E-state index in [1.54, 1.807) is 12.1 Å². The average Bonchev–Trinajstić information content (AvgIpc) is 2.43. The Balaban J connectivity index is 2.43. The molecule has 4 heteroatoms. The van der Waals surface area contributed by atoms with Gasteiger partial charge in [-0.3, -0.25) is 4.79 Å². The second-order valence-corrected chi connectivity index (χ2v) is 5.35. The number of hydrogen-bond donors (Lipinski definition) is 1. The molecule has 1 aromatic rings. The number of benzene rings is 1. The Morgan fingerprint density at radius 3 is 2.40 bits per heavy atom. The molecule has 0 aliphatic carbocycles. The minimum absolute atomic E-state index is 0.249. The molecule has 0 saturated carbocycles. The maximum atomic E-state index is 12.1.